The molecule has 4 rings (SSSR count). The number of hydrogen-bond acceptors (Lipinski definition) is 9. The number of nitrogens with zero attached hydrogens (tertiary/aromatic N) is 1. The highest BCUT2D eigenvalue weighted by atomic mass is 16.7. The van der Waals surface area contributed by atoms with E-state index in [1.165, 1.54) is 0 Å². The molecule has 1 aliphatic rings. The van der Waals surface area contributed by atoms with Gasteiger partial charge in [0.2, 0.25) is 11.8 Å². The van der Waals surface area contributed by atoms with Gasteiger partial charge in [-0.25, -0.2) is 5.48 Å². The molecule has 0 aromatic heterocycles. The summed E-state index contributed by atoms with van der Waals surface area (Å²) in [6.07, 6.45) is 0.0222. The van der Waals surface area contributed by atoms with Crippen molar-refractivity contribution in [3.63, 3.8) is 0 Å². The van der Waals surface area contributed by atoms with Gasteiger partial charge in [-0.3, -0.25) is 14.8 Å². The number of aromatic hydroxyl groups is 1. The molecule has 3 aromatic rings. The van der Waals surface area contributed by atoms with E-state index in [1.54, 1.807) is 41.9 Å². The first-order chi connectivity index (χ1) is 21.2. The van der Waals surface area contributed by atoms with Crippen molar-refractivity contribution < 1.29 is 39.6 Å². The van der Waals surface area contributed by atoms with Crippen LogP contribution in [0.3, 0.4) is 0 Å². The monoisotopic (exact) mass is 607 g/mol. The van der Waals surface area contributed by atoms with Crippen molar-refractivity contribution in [2.45, 2.75) is 63.3 Å². The fourth-order valence-corrected chi connectivity index (χ4v) is 5.16. The van der Waals surface area contributed by atoms with Crippen molar-refractivity contribution in [2.75, 3.05) is 25.5 Å². The zero-order chi connectivity index (χ0) is 31.5. The number of nitrogens with one attached hydrogen (secondary N) is 2. The van der Waals surface area contributed by atoms with Crippen LogP contribution in [0.1, 0.15) is 72.9 Å². The van der Waals surface area contributed by atoms with E-state index in [0.29, 0.717) is 43.6 Å². The fourth-order valence-electron chi connectivity index (χ4n) is 5.16. The molecule has 1 saturated heterocycles. The summed E-state index contributed by atoms with van der Waals surface area (Å²) in [5.41, 5.74) is 5.38. The number of amides is 2. The topological polar surface area (TPSA) is 161 Å². The highest BCUT2D eigenvalue weighted by Gasteiger charge is 2.33. The molecule has 4 atom stereocenters. The second kappa shape index (κ2) is 16.3. The van der Waals surface area contributed by atoms with Crippen molar-refractivity contribution >= 4 is 17.5 Å². The van der Waals surface area contributed by atoms with Gasteiger partial charge in [0.25, 0.3) is 0 Å². The first-order valence-electron chi connectivity index (χ1n) is 14.7. The number of aliphatic hydroxyl groups excluding tert-OH is 2. The molecule has 1 fully saturated rings. The summed E-state index contributed by atoms with van der Waals surface area (Å²) in [7, 11) is 1.91. The molecule has 11 heteroatoms. The number of hydroxylamine groups is 1. The number of unbranched alkanes of at least 4 members (excludes halogenated alkanes) is 1. The Labute approximate surface area is 257 Å². The van der Waals surface area contributed by atoms with Gasteiger partial charge in [0.05, 0.1) is 24.9 Å². The Kier molecular flexibility index (Phi) is 12.2. The van der Waals surface area contributed by atoms with Crippen LogP contribution in [0.15, 0.2) is 72.8 Å². The lowest BCUT2D eigenvalue weighted by molar-refractivity contribution is -0.252. The highest BCUT2D eigenvalue weighted by Crippen LogP contribution is 2.38. The maximum Gasteiger partial charge on any atom is 0.243 e. The number of phenols is 1. The van der Waals surface area contributed by atoms with Gasteiger partial charge in [-0.2, -0.15) is 0 Å². The van der Waals surface area contributed by atoms with E-state index in [0.717, 1.165) is 16.7 Å². The molecule has 11 nitrogen and oxygen atoms in total. The van der Waals surface area contributed by atoms with E-state index >= 15 is 0 Å². The van der Waals surface area contributed by atoms with E-state index in [9.17, 15) is 24.9 Å². The minimum atomic E-state index is -0.785. The average Bonchev–Trinajstić information content (AvgIpc) is 3.03. The molecular weight excluding hydrogens is 566 g/mol. The van der Waals surface area contributed by atoms with E-state index < -0.39 is 18.3 Å². The molecule has 1 aliphatic heterocycles. The van der Waals surface area contributed by atoms with Crippen molar-refractivity contribution in [3.05, 3.63) is 95.1 Å². The maximum atomic E-state index is 12.3. The molecule has 0 aliphatic carbocycles. The minimum absolute atomic E-state index is 0.0454. The number of carbonyl (C=O) groups excluding carboxylic acids is 2. The van der Waals surface area contributed by atoms with Gasteiger partial charge in [0.1, 0.15) is 5.75 Å². The van der Waals surface area contributed by atoms with Crippen molar-refractivity contribution in [2.24, 2.45) is 0 Å². The Bertz CT molecular complexity index is 1350. The van der Waals surface area contributed by atoms with Crippen LogP contribution in [0.2, 0.25) is 0 Å². The van der Waals surface area contributed by atoms with Crippen LogP contribution in [0.25, 0.3) is 0 Å². The zero-order valence-corrected chi connectivity index (χ0v) is 24.8. The Balaban J connectivity index is 1.40. The normalized spacial score (nSPS) is 19.0. The van der Waals surface area contributed by atoms with Gasteiger partial charge >= 0.3 is 0 Å². The van der Waals surface area contributed by atoms with Crippen LogP contribution >= 0.6 is 0 Å². The van der Waals surface area contributed by atoms with E-state index in [4.69, 9.17) is 14.7 Å². The van der Waals surface area contributed by atoms with Crippen LogP contribution in [-0.2, 0) is 25.7 Å². The molecule has 0 spiro atoms. The number of aliphatic hydroxyl groups is 2. The Hall–Kier alpha value is -3.84. The predicted molar refractivity (Wildman–Crippen MR) is 162 cm³/mol. The van der Waals surface area contributed by atoms with Crippen LogP contribution in [0.5, 0.6) is 5.75 Å². The predicted octanol–water partition coefficient (Wildman–Crippen LogP) is 4.10. The summed E-state index contributed by atoms with van der Waals surface area (Å²) >= 11 is 0. The van der Waals surface area contributed by atoms with Gasteiger partial charge in [0, 0.05) is 43.6 Å². The highest BCUT2D eigenvalue weighted by molar-refractivity contribution is 5.90. The molecular formula is C33H41N3O8. The standard InChI is InChI=1S/C33H41N3O8/c1-36(20-29(39)25-5-4-6-27(38)17-25)19-28-18-30(23-11-9-22(21-37)10-12-23)44-33(43-28)24-13-15-26(16-14-24)34-31(40)7-2-3-8-32(41)35-42/h4-6,9-17,28-30,33,37-39,42H,2-3,7-8,18-21H2,1H3,(H,34,40)(H,35,41)/t28-,29-,30+,33+/m1/s1. The van der Waals surface area contributed by atoms with Crippen LogP contribution in [-0.4, -0.2) is 63.5 Å². The Morgan fingerprint density at radius 3 is 2.30 bits per heavy atom. The van der Waals surface area contributed by atoms with Gasteiger partial charge in [0.15, 0.2) is 6.29 Å². The van der Waals surface area contributed by atoms with Crippen LogP contribution in [0.4, 0.5) is 5.69 Å². The summed E-state index contributed by atoms with van der Waals surface area (Å²) in [4.78, 5) is 25.4. The minimum Gasteiger partial charge on any atom is -0.508 e. The molecule has 3 aromatic carbocycles. The lowest BCUT2D eigenvalue weighted by Crippen LogP contribution is -2.39. The lowest BCUT2D eigenvalue weighted by Gasteiger charge is -2.38. The van der Waals surface area contributed by atoms with Crippen molar-refractivity contribution in [3.8, 4) is 5.75 Å². The van der Waals surface area contributed by atoms with E-state index in [2.05, 4.69) is 5.32 Å². The number of anilines is 1. The smallest absolute Gasteiger partial charge is 0.243 e. The number of rotatable bonds is 14. The third kappa shape index (κ3) is 9.84. The third-order valence-electron chi connectivity index (χ3n) is 7.52. The van der Waals surface area contributed by atoms with Gasteiger partial charge in [-0.15, -0.1) is 0 Å². The second-order valence-corrected chi connectivity index (χ2v) is 11.1. The van der Waals surface area contributed by atoms with Crippen LogP contribution < -0.4 is 10.8 Å². The molecule has 0 radical (unpaired) electrons. The largest absolute Gasteiger partial charge is 0.508 e. The summed E-state index contributed by atoms with van der Waals surface area (Å²) in [6, 6.07) is 21.5. The van der Waals surface area contributed by atoms with Crippen LogP contribution in [0, 0.1) is 0 Å². The number of carbonyl (C=O) groups is 2. The third-order valence-corrected chi connectivity index (χ3v) is 7.52. The van der Waals surface area contributed by atoms with Gasteiger partial charge in [-0.05, 0) is 60.8 Å². The molecule has 0 saturated carbocycles. The van der Waals surface area contributed by atoms with E-state index in [1.807, 2.05) is 48.3 Å². The average molecular weight is 608 g/mol. The first-order valence-corrected chi connectivity index (χ1v) is 14.7. The molecule has 6 N–H and O–H groups in total. The Morgan fingerprint density at radius 1 is 0.955 bits per heavy atom. The first kappa shape index (κ1) is 33.1. The second-order valence-electron chi connectivity index (χ2n) is 11.1. The van der Waals surface area contributed by atoms with Gasteiger partial charge in [-0.1, -0.05) is 48.5 Å². The molecule has 2 amide bonds. The molecule has 1 heterocycles. The summed E-state index contributed by atoms with van der Waals surface area (Å²) in [5.74, 6) is -0.544. The molecule has 44 heavy (non-hydrogen) atoms. The van der Waals surface area contributed by atoms with E-state index in [-0.39, 0.29) is 43.3 Å². The number of hydrogen-bond donors (Lipinski definition) is 6. The number of ether oxygens (including phenoxy) is 2. The number of likely N-dealkylation sites (N-methyl/N-ethyl adjacent to an activating group) is 1. The molecule has 236 valence electrons. The molecule has 0 bridgehead atoms. The summed E-state index contributed by atoms with van der Waals surface area (Å²) in [5, 5.41) is 41.4. The fraction of sp³-hybridized carbons (Fsp3) is 0.394. The summed E-state index contributed by atoms with van der Waals surface area (Å²) < 4.78 is 12.8. The SMILES string of the molecule is CN(C[C@H]1C[C@@H](c2ccc(CO)cc2)O[C@@H](c2ccc(NC(=O)CCCCC(=O)NO)cc2)O1)C[C@@H](O)c1cccc(O)c1. The zero-order valence-electron chi connectivity index (χ0n) is 24.8. The quantitative estimate of drug-likeness (QED) is 0.0901. The lowest BCUT2D eigenvalue weighted by atomic mass is 9.99. The summed E-state index contributed by atoms with van der Waals surface area (Å²) in [6.45, 7) is 0.818. The Morgan fingerprint density at radius 2 is 1.64 bits per heavy atom. The van der Waals surface area contributed by atoms with Crippen molar-refractivity contribution in [1.29, 1.82) is 0 Å². The number of phenolic OH excluding ortho intramolecular Hbond substituents is 1. The van der Waals surface area contributed by atoms with Gasteiger partial charge < -0.3 is 35.0 Å². The molecule has 0 unspecified atom stereocenters. The van der Waals surface area contributed by atoms with Crippen molar-refractivity contribution in [1.82, 2.24) is 10.4 Å². The number of benzene rings is 3. The maximum absolute atomic E-state index is 12.3.